The summed E-state index contributed by atoms with van der Waals surface area (Å²) in [7, 11) is 1.93. The molecule has 0 saturated carbocycles. The highest BCUT2D eigenvalue weighted by Gasteiger charge is 2.28. The summed E-state index contributed by atoms with van der Waals surface area (Å²) in [6, 6.07) is 12.5. The van der Waals surface area contributed by atoms with E-state index >= 15 is 0 Å². The minimum atomic E-state index is -0.197. The number of thioether (sulfide) groups is 1. The Balaban J connectivity index is 1.33. The van der Waals surface area contributed by atoms with E-state index in [1.807, 2.05) is 36.4 Å². The zero-order valence-electron chi connectivity index (χ0n) is 17.7. The molecule has 1 aliphatic heterocycles. The summed E-state index contributed by atoms with van der Waals surface area (Å²) in [5.74, 6) is 2.40. The van der Waals surface area contributed by atoms with Gasteiger partial charge >= 0.3 is 0 Å². The molecule has 1 amide bonds. The first-order chi connectivity index (χ1) is 14.5. The molecule has 2 aromatic heterocycles. The Morgan fingerprint density at radius 2 is 1.93 bits per heavy atom. The topological polar surface area (TPSA) is 64.2 Å². The smallest absolute Gasteiger partial charge is 0.235 e. The molecule has 0 radical (unpaired) electrons. The molecule has 1 atom stereocenters. The lowest BCUT2D eigenvalue weighted by atomic mass is 9.90. The van der Waals surface area contributed by atoms with Crippen molar-refractivity contribution >= 4 is 17.7 Å². The van der Waals surface area contributed by atoms with E-state index in [0.29, 0.717) is 5.92 Å². The summed E-state index contributed by atoms with van der Waals surface area (Å²) in [6.07, 6.45) is 4.87. The number of aromatic nitrogens is 3. The predicted octanol–water partition coefficient (Wildman–Crippen LogP) is 4.35. The molecule has 1 aliphatic rings. The molecule has 0 spiro atoms. The van der Waals surface area contributed by atoms with Crippen LogP contribution in [0.4, 0.5) is 0 Å². The average Bonchev–Trinajstić information content (AvgIpc) is 3.34. The van der Waals surface area contributed by atoms with Crippen LogP contribution in [0.2, 0.25) is 0 Å². The van der Waals surface area contributed by atoms with Crippen LogP contribution < -0.4 is 0 Å². The van der Waals surface area contributed by atoms with Crippen LogP contribution in [0.15, 0.2) is 52.2 Å². The largest absolute Gasteiger partial charge is 0.469 e. The van der Waals surface area contributed by atoms with Crippen molar-refractivity contribution in [2.45, 2.75) is 43.5 Å². The summed E-state index contributed by atoms with van der Waals surface area (Å²) in [6.45, 7) is 5.53. The van der Waals surface area contributed by atoms with E-state index in [-0.39, 0.29) is 11.2 Å². The molecule has 1 fully saturated rings. The number of carbonyl (C=O) groups excluding carboxylic acids is 1. The number of likely N-dealkylation sites (tertiary alicyclic amines) is 1. The molecule has 3 heterocycles. The number of aryl methyl sites for hydroxylation is 1. The number of amides is 1. The van der Waals surface area contributed by atoms with Crippen LogP contribution in [-0.2, 0) is 18.3 Å². The van der Waals surface area contributed by atoms with Crippen molar-refractivity contribution in [3.63, 3.8) is 0 Å². The number of hydrogen-bond donors (Lipinski definition) is 0. The van der Waals surface area contributed by atoms with Gasteiger partial charge in [0.15, 0.2) is 11.0 Å². The third-order valence-corrected chi connectivity index (χ3v) is 6.98. The maximum atomic E-state index is 13.0. The van der Waals surface area contributed by atoms with E-state index < -0.39 is 0 Å². The molecule has 158 valence electrons. The lowest BCUT2D eigenvalue weighted by Crippen LogP contribution is -2.42. The van der Waals surface area contributed by atoms with E-state index in [1.54, 1.807) is 6.26 Å². The van der Waals surface area contributed by atoms with E-state index in [1.165, 1.54) is 17.3 Å². The summed E-state index contributed by atoms with van der Waals surface area (Å²) >= 11 is 1.47. The van der Waals surface area contributed by atoms with Crippen LogP contribution in [0.3, 0.4) is 0 Å². The zero-order valence-corrected chi connectivity index (χ0v) is 18.6. The molecule has 6 nitrogen and oxygen atoms in total. The second kappa shape index (κ2) is 9.08. The van der Waals surface area contributed by atoms with Gasteiger partial charge in [0.05, 0.1) is 17.1 Å². The van der Waals surface area contributed by atoms with Gasteiger partial charge in [-0.05, 0) is 50.7 Å². The molecular weight excluding hydrogens is 396 g/mol. The quantitative estimate of drug-likeness (QED) is 0.551. The van der Waals surface area contributed by atoms with Crippen LogP contribution >= 0.6 is 11.8 Å². The molecule has 0 unspecified atom stereocenters. The van der Waals surface area contributed by atoms with Crippen molar-refractivity contribution in [1.29, 1.82) is 0 Å². The van der Waals surface area contributed by atoms with Gasteiger partial charge in [-0.1, -0.05) is 42.1 Å². The molecule has 7 heteroatoms. The minimum Gasteiger partial charge on any atom is -0.469 e. The number of nitrogens with zero attached hydrogens (tertiary/aromatic N) is 4. The summed E-state index contributed by atoms with van der Waals surface area (Å²) in [5.41, 5.74) is 2.31. The van der Waals surface area contributed by atoms with Gasteiger partial charge in [0.2, 0.25) is 5.91 Å². The van der Waals surface area contributed by atoms with Crippen LogP contribution in [-0.4, -0.2) is 43.9 Å². The summed E-state index contributed by atoms with van der Waals surface area (Å²) in [5, 5.41) is 9.15. The zero-order chi connectivity index (χ0) is 21.1. The molecule has 1 aromatic carbocycles. The molecular formula is C23H28N4O2S. The Hall–Kier alpha value is -2.54. The number of benzene rings is 1. The second-order valence-corrected chi connectivity index (χ2v) is 9.28. The minimum absolute atomic E-state index is 0.183. The second-order valence-electron chi connectivity index (χ2n) is 7.97. The van der Waals surface area contributed by atoms with Gasteiger partial charge in [0.1, 0.15) is 5.76 Å². The first-order valence-corrected chi connectivity index (χ1v) is 11.3. The van der Waals surface area contributed by atoms with Crippen LogP contribution in [0.1, 0.15) is 31.1 Å². The third-order valence-electron chi connectivity index (χ3n) is 5.86. The number of furan rings is 1. The molecule has 0 N–H and O–H groups in total. The number of hydrogen-bond acceptors (Lipinski definition) is 5. The van der Waals surface area contributed by atoms with E-state index in [0.717, 1.165) is 54.7 Å². The standard InChI is InChI=1S/C23H28N4O2S/c1-16-20(11-14-29-16)21-24-25-23(26(21)3)30-17(2)22(28)27-12-9-19(10-13-27)15-18-7-5-4-6-8-18/h4-8,11,14,17,19H,9-10,12-13,15H2,1-3H3/t17-/m1/s1. The number of carbonyl (C=O) groups is 1. The predicted molar refractivity (Wildman–Crippen MR) is 118 cm³/mol. The fourth-order valence-corrected chi connectivity index (χ4v) is 4.94. The van der Waals surface area contributed by atoms with Gasteiger partial charge in [0.25, 0.3) is 0 Å². The number of piperidine rings is 1. The molecule has 1 saturated heterocycles. The molecule has 4 rings (SSSR count). The van der Waals surface area contributed by atoms with Crippen molar-refractivity contribution < 1.29 is 9.21 Å². The third kappa shape index (κ3) is 4.46. The van der Waals surface area contributed by atoms with Crippen LogP contribution in [0.25, 0.3) is 11.4 Å². The highest BCUT2D eigenvalue weighted by atomic mass is 32.2. The van der Waals surface area contributed by atoms with Crippen molar-refractivity contribution in [3.8, 4) is 11.4 Å². The van der Waals surface area contributed by atoms with Gasteiger partial charge in [-0.2, -0.15) is 0 Å². The maximum Gasteiger partial charge on any atom is 0.235 e. The van der Waals surface area contributed by atoms with Gasteiger partial charge in [-0.3, -0.25) is 4.79 Å². The lowest BCUT2D eigenvalue weighted by Gasteiger charge is -2.33. The fourth-order valence-electron chi connectivity index (χ4n) is 4.04. The average molecular weight is 425 g/mol. The van der Waals surface area contributed by atoms with Gasteiger partial charge in [-0.25, -0.2) is 0 Å². The lowest BCUT2D eigenvalue weighted by molar-refractivity contribution is -0.131. The number of rotatable bonds is 6. The van der Waals surface area contributed by atoms with E-state index in [2.05, 4.69) is 40.5 Å². The Morgan fingerprint density at radius 3 is 2.60 bits per heavy atom. The Kier molecular flexibility index (Phi) is 6.27. The van der Waals surface area contributed by atoms with Gasteiger partial charge in [0, 0.05) is 20.1 Å². The molecule has 0 aliphatic carbocycles. The van der Waals surface area contributed by atoms with Crippen molar-refractivity contribution in [2.75, 3.05) is 13.1 Å². The first kappa shape index (κ1) is 20.7. The highest BCUT2D eigenvalue weighted by Crippen LogP contribution is 2.29. The molecule has 0 bridgehead atoms. The monoisotopic (exact) mass is 424 g/mol. The Bertz CT molecular complexity index is 990. The highest BCUT2D eigenvalue weighted by molar-refractivity contribution is 8.00. The maximum absolute atomic E-state index is 13.0. The normalized spacial score (nSPS) is 16.0. The Labute approximate surface area is 181 Å². The van der Waals surface area contributed by atoms with Crippen molar-refractivity contribution in [2.24, 2.45) is 13.0 Å². The van der Waals surface area contributed by atoms with E-state index in [4.69, 9.17) is 4.42 Å². The summed E-state index contributed by atoms with van der Waals surface area (Å²) < 4.78 is 7.31. The first-order valence-electron chi connectivity index (χ1n) is 10.5. The Morgan fingerprint density at radius 1 is 1.20 bits per heavy atom. The van der Waals surface area contributed by atoms with Crippen molar-refractivity contribution in [3.05, 3.63) is 54.0 Å². The van der Waals surface area contributed by atoms with Crippen molar-refractivity contribution in [1.82, 2.24) is 19.7 Å². The van der Waals surface area contributed by atoms with Crippen LogP contribution in [0.5, 0.6) is 0 Å². The fraction of sp³-hybridized carbons (Fsp3) is 0.435. The SMILES string of the molecule is Cc1occc1-c1nnc(S[C@H](C)C(=O)N2CCC(Cc3ccccc3)CC2)n1C. The van der Waals surface area contributed by atoms with Gasteiger partial charge < -0.3 is 13.9 Å². The van der Waals surface area contributed by atoms with Crippen LogP contribution in [0, 0.1) is 12.8 Å². The summed E-state index contributed by atoms with van der Waals surface area (Å²) in [4.78, 5) is 15.0. The van der Waals surface area contributed by atoms with Gasteiger partial charge in [-0.15, -0.1) is 10.2 Å². The van der Waals surface area contributed by atoms with E-state index in [9.17, 15) is 4.79 Å². The molecule has 3 aromatic rings. The molecule has 30 heavy (non-hydrogen) atoms.